The molecule has 8 nitrogen and oxygen atoms in total. The number of hydrogen-bond donors (Lipinski definition) is 5. The average Bonchev–Trinajstić information content (AvgIpc) is 2.57. The Morgan fingerprint density at radius 2 is 2.12 bits per heavy atom. The molecule has 8 heteroatoms. The third-order valence-corrected chi connectivity index (χ3v) is 2.86. The monoisotopic (exact) mass is 244 g/mol. The van der Waals surface area contributed by atoms with E-state index >= 15 is 0 Å². The van der Waals surface area contributed by atoms with Crippen LogP contribution in [0.3, 0.4) is 0 Å². The highest BCUT2D eigenvalue weighted by molar-refractivity contribution is 5.80. The van der Waals surface area contributed by atoms with E-state index in [0.29, 0.717) is 12.4 Å². The van der Waals surface area contributed by atoms with Gasteiger partial charge in [0.1, 0.15) is 24.1 Å². The first-order valence-corrected chi connectivity index (χ1v) is 5.23. The third-order valence-electron chi connectivity index (χ3n) is 2.86. The van der Waals surface area contributed by atoms with E-state index in [1.165, 1.54) is 4.90 Å². The van der Waals surface area contributed by atoms with Crippen LogP contribution in [0, 0.1) is 0 Å². The zero-order valence-corrected chi connectivity index (χ0v) is 9.10. The first-order chi connectivity index (χ1) is 8.04. The number of aliphatic imine (C=N–C) groups is 1. The Kier molecular flexibility index (Phi) is 3.20. The van der Waals surface area contributed by atoms with Crippen molar-refractivity contribution in [3.63, 3.8) is 0 Å². The van der Waals surface area contributed by atoms with Crippen LogP contribution in [0.25, 0.3) is 0 Å². The molecule has 2 heterocycles. The summed E-state index contributed by atoms with van der Waals surface area (Å²) in [5.74, 6) is 0.408. The minimum absolute atomic E-state index is 0.111. The summed E-state index contributed by atoms with van der Waals surface area (Å²) in [7, 11) is 0. The first-order valence-electron chi connectivity index (χ1n) is 5.23. The fourth-order valence-corrected chi connectivity index (χ4v) is 1.90. The van der Waals surface area contributed by atoms with Crippen molar-refractivity contribution in [1.29, 1.82) is 0 Å². The highest BCUT2D eigenvalue weighted by Crippen LogP contribution is 2.24. The van der Waals surface area contributed by atoms with E-state index in [9.17, 15) is 10.2 Å². The summed E-state index contributed by atoms with van der Waals surface area (Å²) in [5, 5.41) is 28.4. The highest BCUT2D eigenvalue weighted by atomic mass is 16.6. The van der Waals surface area contributed by atoms with E-state index in [-0.39, 0.29) is 12.6 Å². The third kappa shape index (κ3) is 2.07. The summed E-state index contributed by atoms with van der Waals surface area (Å²) in [6, 6.07) is 0. The fourth-order valence-electron chi connectivity index (χ4n) is 1.90. The first kappa shape index (κ1) is 12.1. The molecule has 0 aromatic heterocycles. The van der Waals surface area contributed by atoms with Crippen molar-refractivity contribution in [3.8, 4) is 0 Å². The smallest absolute Gasteiger partial charge is 0.200 e. The van der Waals surface area contributed by atoms with Crippen LogP contribution >= 0.6 is 0 Å². The van der Waals surface area contributed by atoms with Crippen LogP contribution in [0.2, 0.25) is 0 Å². The average molecular weight is 244 g/mol. The van der Waals surface area contributed by atoms with Crippen LogP contribution in [0.1, 0.15) is 0 Å². The molecule has 2 rings (SSSR count). The van der Waals surface area contributed by atoms with Crippen LogP contribution in [-0.2, 0) is 4.74 Å². The number of hydrogen-bond acceptors (Lipinski definition) is 8. The molecule has 0 saturated carbocycles. The van der Waals surface area contributed by atoms with Gasteiger partial charge in [-0.15, -0.1) is 0 Å². The van der Waals surface area contributed by atoms with Gasteiger partial charge in [-0.1, -0.05) is 0 Å². The minimum Gasteiger partial charge on any atom is -0.394 e. The molecule has 1 fully saturated rings. The molecule has 1 saturated heterocycles. The standard InChI is InChI=1S/C9H16N4O4/c10-5-1-2-13(9(11)12-5)8-7(16)6(15)4(3-14)17-8/h1,4,6-8,14-16H,2-3,10H2,(H2,11,12)/t4-,6-,7-,8-/m1/s1. The van der Waals surface area contributed by atoms with Crippen LogP contribution in [0.4, 0.5) is 0 Å². The van der Waals surface area contributed by atoms with Gasteiger partial charge in [0.25, 0.3) is 0 Å². The van der Waals surface area contributed by atoms with Gasteiger partial charge in [-0.25, -0.2) is 0 Å². The van der Waals surface area contributed by atoms with Gasteiger partial charge in [0.15, 0.2) is 12.2 Å². The summed E-state index contributed by atoms with van der Waals surface area (Å²) in [5.41, 5.74) is 11.1. The number of aliphatic hydroxyl groups is 3. The lowest BCUT2D eigenvalue weighted by molar-refractivity contribution is -0.0693. The molecule has 0 unspecified atom stereocenters. The number of rotatable bonds is 2. The highest BCUT2D eigenvalue weighted by Gasteiger charge is 2.45. The number of nitrogens with two attached hydrogens (primary N) is 2. The lowest BCUT2D eigenvalue weighted by Gasteiger charge is -2.32. The van der Waals surface area contributed by atoms with Gasteiger partial charge in [0.05, 0.1) is 6.61 Å². The van der Waals surface area contributed by atoms with E-state index in [1.54, 1.807) is 6.08 Å². The van der Waals surface area contributed by atoms with Gasteiger partial charge in [-0.3, -0.25) is 0 Å². The van der Waals surface area contributed by atoms with Crippen LogP contribution in [0.5, 0.6) is 0 Å². The second-order valence-corrected chi connectivity index (χ2v) is 3.98. The fraction of sp³-hybridized carbons (Fsp3) is 0.667. The zero-order chi connectivity index (χ0) is 12.6. The summed E-state index contributed by atoms with van der Waals surface area (Å²) in [4.78, 5) is 5.32. The van der Waals surface area contributed by atoms with Crippen LogP contribution < -0.4 is 11.5 Å². The quantitative estimate of drug-likeness (QED) is 0.346. The van der Waals surface area contributed by atoms with Gasteiger partial charge in [-0.2, -0.15) is 4.99 Å². The van der Waals surface area contributed by atoms with Gasteiger partial charge < -0.3 is 36.4 Å². The Bertz CT molecular complexity index is 359. The van der Waals surface area contributed by atoms with Gasteiger partial charge >= 0.3 is 0 Å². The van der Waals surface area contributed by atoms with E-state index in [1.807, 2.05) is 0 Å². The molecule has 0 spiro atoms. The largest absolute Gasteiger partial charge is 0.394 e. The molecular formula is C9H16N4O4. The Labute approximate surface area is 97.8 Å². The van der Waals surface area contributed by atoms with E-state index < -0.39 is 24.5 Å². The van der Waals surface area contributed by atoms with Crippen molar-refractivity contribution >= 4 is 5.96 Å². The zero-order valence-electron chi connectivity index (χ0n) is 9.10. The van der Waals surface area contributed by atoms with Crippen molar-refractivity contribution < 1.29 is 20.1 Å². The maximum absolute atomic E-state index is 9.80. The maximum Gasteiger partial charge on any atom is 0.200 e. The SMILES string of the molecule is NC1=CCN([C@@H]2O[C@H](CO)[C@@H](O)[C@H]2O)C(N)=N1. The molecule has 0 aromatic carbocycles. The second-order valence-electron chi connectivity index (χ2n) is 3.98. The predicted octanol–water partition coefficient (Wildman–Crippen LogP) is -3.14. The van der Waals surface area contributed by atoms with E-state index in [4.69, 9.17) is 21.3 Å². The molecule has 0 aromatic rings. The molecule has 4 atom stereocenters. The molecule has 0 radical (unpaired) electrons. The molecule has 2 aliphatic heterocycles. The second kappa shape index (κ2) is 4.49. The van der Waals surface area contributed by atoms with Crippen LogP contribution in [-0.4, -0.2) is 63.9 Å². The molecular weight excluding hydrogens is 228 g/mol. The predicted molar refractivity (Wildman–Crippen MR) is 58.4 cm³/mol. The lowest BCUT2D eigenvalue weighted by atomic mass is 10.1. The minimum atomic E-state index is -1.16. The Morgan fingerprint density at radius 1 is 1.41 bits per heavy atom. The number of guanidine groups is 1. The summed E-state index contributed by atoms with van der Waals surface area (Å²) >= 11 is 0. The molecule has 17 heavy (non-hydrogen) atoms. The van der Waals surface area contributed by atoms with Crippen molar-refractivity contribution in [3.05, 3.63) is 11.9 Å². The summed E-state index contributed by atoms with van der Waals surface area (Å²) < 4.78 is 5.33. The Hall–Kier alpha value is -1.35. The Morgan fingerprint density at radius 3 is 2.65 bits per heavy atom. The van der Waals surface area contributed by atoms with Crippen molar-refractivity contribution in [1.82, 2.24) is 4.90 Å². The summed E-state index contributed by atoms with van der Waals surface area (Å²) in [6.07, 6.45) is -2.36. The molecule has 2 aliphatic rings. The maximum atomic E-state index is 9.80. The van der Waals surface area contributed by atoms with E-state index in [0.717, 1.165) is 0 Å². The Balaban J connectivity index is 2.12. The van der Waals surface area contributed by atoms with Gasteiger partial charge in [0, 0.05) is 6.54 Å². The van der Waals surface area contributed by atoms with Crippen molar-refractivity contribution in [2.45, 2.75) is 24.5 Å². The summed E-state index contributed by atoms with van der Waals surface area (Å²) in [6.45, 7) is -0.0502. The number of aliphatic hydroxyl groups excluding tert-OH is 3. The van der Waals surface area contributed by atoms with Crippen LogP contribution in [0.15, 0.2) is 16.9 Å². The molecule has 7 N–H and O–H groups in total. The normalized spacial score (nSPS) is 37.9. The van der Waals surface area contributed by atoms with Gasteiger partial charge in [0.2, 0.25) is 0 Å². The van der Waals surface area contributed by atoms with E-state index in [2.05, 4.69) is 4.99 Å². The number of ether oxygens (including phenoxy) is 1. The molecule has 96 valence electrons. The molecule has 0 bridgehead atoms. The van der Waals surface area contributed by atoms with Crippen molar-refractivity contribution in [2.24, 2.45) is 16.5 Å². The number of nitrogens with zero attached hydrogens (tertiary/aromatic N) is 2. The molecule has 0 aliphatic carbocycles. The molecule has 0 amide bonds. The van der Waals surface area contributed by atoms with Crippen molar-refractivity contribution in [2.75, 3.05) is 13.2 Å². The van der Waals surface area contributed by atoms with Gasteiger partial charge in [-0.05, 0) is 6.08 Å². The lowest BCUT2D eigenvalue weighted by Crippen LogP contribution is -2.51. The topological polar surface area (TPSA) is 138 Å².